The maximum absolute atomic E-state index is 5.70. The summed E-state index contributed by atoms with van der Waals surface area (Å²) in [5, 5.41) is 11.6. The summed E-state index contributed by atoms with van der Waals surface area (Å²) >= 11 is 0. The molecular weight excluding hydrogens is 242 g/mol. The second-order valence-corrected chi connectivity index (χ2v) is 4.73. The van der Waals surface area contributed by atoms with Crippen LogP contribution in [0.2, 0.25) is 0 Å². The molecule has 1 aromatic heterocycles. The van der Waals surface area contributed by atoms with Crippen molar-refractivity contribution < 1.29 is 9.15 Å². The second kappa shape index (κ2) is 5.40. The van der Waals surface area contributed by atoms with Crippen LogP contribution in [0.4, 0.5) is 0 Å². The summed E-state index contributed by atoms with van der Waals surface area (Å²) in [6.07, 6.45) is 3.22. The molecule has 1 unspecified atom stereocenters. The smallest absolute Gasteiger partial charge is 0.247 e. The van der Waals surface area contributed by atoms with E-state index in [4.69, 9.17) is 9.15 Å². The van der Waals surface area contributed by atoms with Gasteiger partial charge >= 0.3 is 0 Å². The standard InChI is InChI=1S/C14H17N3O2/c1-18-12-6-4-10(5-7-12)14-17-16-13(19-14)9-11-3-2-8-15-11/h4-7,11,15H,2-3,8-9H2,1H3. The van der Waals surface area contributed by atoms with Crippen LogP contribution in [0.15, 0.2) is 28.7 Å². The van der Waals surface area contributed by atoms with Crippen LogP contribution >= 0.6 is 0 Å². The fourth-order valence-electron chi connectivity index (χ4n) is 2.33. The van der Waals surface area contributed by atoms with Gasteiger partial charge in [0.05, 0.1) is 7.11 Å². The minimum atomic E-state index is 0.476. The molecule has 1 N–H and O–H groups in total. The van der Waals surface area contributed by atoms with Gasteiger partial charge in [-0.15, -0.1) is 10.2 Å². The average molecular weight is 259 g/mol. The maximum atomic E-state index is 5.70. The molecule has 1 aromatic carbocycles. The van der Waals surface area contributed by atoms with Crippen molar-refractivity contribution in [3.63, 3.8) is 0 Å². The van der Waals surface area contributed by atoms with E-state index in [1.807, 2.05) is 24.3 Å². The van der Waals surface area contributed by atoms with Crippen molar-refractivity contribution in [3.05, 3.63) is 30.2 Å². The predicted octanol–water partition coefficient (Wildman–Crippen LogP) is 2.04. The van der Waals surface area contributed by atoms with Crippen molar-refractivity contribution in [2.24, 2.45) is 0 Å². The first-order chi connectivity index (χ1) is 9.35. The third kappa shape index (κ3) is 2.76. The molecule has 1 saturated heterocycles. The van der Waals surface area contributed by atoms with E-state index in [0.717, 1.165) is 24.3 Å². The van der Waals surface area contributed by atoms with E-state index in [2.05, 4.69) is 15.5 Å². The van der Waals surface area contributed by atoms with Crippen LogP contribution in [0.25, 0.3) is 11.5 Å². The molecule has 5 heteroatoms. The molecule has 2 aromatic rings. The fourth-order valence-corrected chi connectivity index (χ4v) is 2.33. The minimum absolute atomic E-state index is 0.476. The summed E-state index contributed by atoms with van der Waals surface area (Å²) in [5.74, 6) is 2.08. The number of hydrogen-bond donors (Lipinski definition) is 1. The highest BCUT2D eigenvalue weighted by Gasteiger charge is 2.18. The van der Waals surface area contributed by atoms with Crippen molar-refractivity contribution in [1.82, 2.24) is 15.5 Å². The lowest BCUT2D eigenvalue weighted by Gasteiger charge is -2.05. The summed E-state index contributed by atoms with van der Waals surface area (Å²) in [4.78, 5) is 0. The first-order valence-electron chi connectivity index (χ1n) is 6.55. The van der Waals surface area contributed by atoms with Crippen molar-refractivity contribution in [1.29, 1.82) is 0 Å². The molecule has 2 heterocycles. The average Bonchev–Trinajstić information content (AvgIpc) is 3.11. The third-order valence-corrected chi connectivity index (χ3v) is 3.39. The summed E-state index contributed by atoms with van der Waals surface area (Å²) in [6.45, 7) is 1.09. The van der Waals surface area contributed by atoms with Crippen LogP contribution in [0.1, 0.15) is 18.7 Å². The second-order valence-electron chi connectivity index (χ2n) is 4.73. The molecule has 1 aliphatic heterocycles. The molecular formula is C14H17N3O2. The number of aromatic nitrogens is 2. The molecule has 0 saturated carbocycles. The van der Waals surface area contributed by atoms with E-state index in [0.29, 0.717) is 17.8 Å². The summed E-state index contributed by atoms with van der Waals surface area (Å²) in [7, 11) is 1.65. The normalized spacial score (nSPS) is 18.7. The number of methoxy groups -OCH3 is 1. The van der Waals surface area contributed by atoms with Gasteiger partial charge in [0.1, 0.15) is 5.75 Å². The van der Waals surface area contributed by atoms with E-state index in [1.165, 1.54) is 12.8 Å². The molecule has 100 valence electrons. The van der Waals surface area contributed by atoms with Gasteiger partial charge in [0.25, 0.3) is 0 Å². The Labute approximate surface area is 112 Å². The van der Waals surface area contributed by atoms with Crippen molar-refractivity contribution in [2.75, 3.05) is 13.7 Å². The fraction of sp³-hybridized carbons (Fsp3) is 0.429. The van der Waals surface area contributed by atoms with Crippen molar-refractivity contribution in [3.8, 4) is 17.2 Å². The number of hydrogen-bond acceptors (Lipinski definition) is 5. The number of rotatable bonds is 4. The first kappa shape index (κ1) is 12.2. The molecule has 1 fully saturated rings. The largest absolute Gasteiger partial charge is 0.497 e. The predicted molar refractivity (Wildman–Crippen MR) is 71.0 cm³/mol. The van der Waals surface area contributed by atoms with E-state index >= 15 is 0 Å². The van der Waals surface area contributed by atoms with Gasteiger partial charge in [0, 0.05) is 18.0 Å². The van der Waals surface area contributed by atoms with E-state index in [1.54, 1.807) is 7.11 Å². The lowest BCUT2D eigenvalue weighted by molar-refractivity contribution is 0.415. The quantitative estimate of drug-likeness (QED) is 0.910. The van der Waals surface area contributed by atoms with Crippen molar-refractivity contribution in [2.45, 2.75) is 25.3 Å². The van der Waals surface area contributed by atoms with Gasteiger partial charge in [-0.05, 0) is 43.7 Å². The molecule has 0 bridgehead atoms. The zero-order valence-electron chi connectivity index (χ0n) is 10.9. The molecule has 19 heavy (non-hydrogen) atoms. The molecule has 0 radical (unpaired) electrons. The van der Waals surface area contributed by atoms with E-state index in [9.17, 15) is 0 Å². The van der Waals surface area contributed by atoms with Crippen LogP contribution < -0.4 is 10.1 Å². The summed E-state index contributed by atoms with van der Waals surface area (Å²) in [6, 6.07) is 8.09. The number of nitrogens with zero attached hydrogens (tertiary/aromatic N) is 2. The van der Waals surface area contributed by atoms with Gasteiger partial charge in [-0.25, -0.2) is 0 Å². The third-order valence-electron chi connectivity index (χ3n) is 3.39. The van der Waals surface area contributed by atoms with Gasteiger partial charge in [0.2, 0.25) is 11.8 Å². The number of ether oxygens (including phenoxy) is 1. The Balaban J connectivity index is 1.72. The van der Waals surface area contributed by atoms with Crippen molar-refractivity contribution >= 4 is 0 Å². The summed E-state index contributed by atoms with van der Waals surface area (Å²) < 4.78 is 10.8. The van der Waals surface area contributed by atoms with Crippen LogP contribution in [0.5, 0.6) is 5.75 Å². The zero-order chi connectivity index (χ0) is 13.1. The Hall–Kier alpha value is -1.88. The number of nitrogens with one attached hydrogen (secondary N) is 1. The lowest BCUT2D eigenvalue weighted by Crippen LogP contribution is -2.23. The maximum Gasteiger partial charge on any atom is 0.247 e. The highest BCUT2D eigenvalue weighted by Crippen LogP contribution is 2.22. The highest BCUT2D eigenvalue weighted by molar-refractivity contribution is 5.53. The van der Waals surface area contributed by atoms with Gasteiger partial charge in [0.15, 0.2) is 0 Å². The highest BCUT2D eigenvalue weighted by atomic mass is 16.5. The molecule has 5 nitrogen and oxygen atoms in total. The Morgan fingerprint density at radius 2 is 2.16 bits per heavy atom. The van der Waals surface area contributed by atoms with Crippen LogP contribution in [-0.2, 0) is 6.42 Å². The minimum Gasteiger partial charge on any atom is -0.497 e. The van der Waals surface area contributed by atoms with Gasteiger partial charge in [-0.2, -0.15) is 0 Å². The Bertz CT molecular complexity index is 530. The van der Waals surface area contributed by atoms with E-state index < -0.39 is 0 Å². The monoisotopic (exact) mass is 259 g/mol. The Kier molecular flexibility index (Phi) is 3.46. The lowest BCUT2D eigenvalue weighted by atomic mass is 10.2. The van der Waals surface area contributed by atoms with Crippen LogP contribution in [-0.4, -0.2) is 29.9 Å². The van der Waals surface area contributed by atoms with Gasteiger partial charge in [-0.1, -0.05) is 0 Å². The molecule has 0 amide bonds. The van der Waals surface area contributed by atoms with Crippen LogP contribution in [0, 0.1) is 0 Å². The summed E-state index contributed by atoms with van der Waals surface area (Å²) in [5.41, 5.74) is 0.916. The first-order valence-corrected chi connectivity index (χ1v) is 6.55. The molecule has 1 aliphatic rings. The van der Waals surface area contributed by atoms with Gasteiger partial charge in [-0.3, -0.25) is 0 Å². The Morgan fingerprint density at radius 1 is 1.32 bits per heavy atom. The van der Waals surface area contributed by atoms with Crippen LogP contribution in [0.3, 0.4) is 0 Å². The number of benzene rings is 1. The molecule has 0 spiro atoms. The molecule has 1 atom stereocenters. The zero-order valence-corrected chi connectivity index (χ0v) is 10.9. The van der Waals surface area contributed by atoms with Gasteiger partial charge < -0.3 is 14.5 Å². The molecule has 0 aliphatic carbocycles. The topological polar surface area (TPSA) is 60.2 Å². The van der Waals surface area contributed by atoms with E-state index in [-0.39, 0.29) is 0 Å². The Morgan fingerprint density at radius 3 is 2.84 bits per heavy atom. The molecule has 3 rings (SSSR count). The SMILES string of the molecule is COc1ccc(-c2nnc(CC3CCCN3)o2)cc1.